The van der Waals surface area contributed by atoms with Crippen LogP contribution in [0.2, 0.25) is 0 Å². The van der Waals surface area contributed by atoms with Crippen LogP contribution in [0.15, 0.2) is 83.2 Å². The molecule has 0 unspecified atom stereocenters. The van der Waals surface area contributed by atoms with Gasteiger partial charge in [0.15, 0.2) is 4.32 Å². The second kappa shape index (κ2) is 8.26. The van der Waals surface area contributed by atoms with E-state index in [1.54, 1.807) is 16.2 Å². The van der Waals surface area contributed by atoms with Crippen molar-refractivity contribution < 1.29 is 4.79 Å². The molecule has 0 atom stereocenters. The number of para-hydroxylation sites is 1. The van der Waals surface area contributed by atoms with E-state index in [-0.39, 0.29) is 5.91 Å². The summed E-state index contributed by atoms with van der Waals surface area (Å²) in [5, 5.41) is 6.84. The van der Waals surface area contributed by atoms with Crippen molar-refractivity contribution in [3.05, 3.63) is 94.3 Å². The summed E-state index contributed by atoms with van der Waals surface area (Å²) in [4.78, 5) is 16.4. The number of hydrogen-bond acceptors (Lipinski definition) is 5. The fourth-order valence-electron chi connectivity index (χ4n) is 3.34. The number of hydrogen-bond donors (Lipinski definition) is 0. The SMILES string of the molecule is Cc1ccc(N2C(=O)/C(=C\c3cn(-c4ccccc4)nc3-c3cccs3)SC2=S)cc1. The molecule has 2 aromatic carbocycles. The maximum atomic E-state index is 13.2. The van der Waals surface area contributed by atoms with E-state index in [0.29, 0.717) is 9.23 Å². The normalized spacial score (nSPS) is 15.3. The van der Waals surface area contributed by atoms with Gasteiger partial charge in [0, 0.05) is 11.8 Å². The van der Waals surface area contributed by atoms with Crippen LogP contribution in [0.3, 0.4) is 0 Å². The third-order valence-corrected chi connectivity index (χ3v) is 7.07. The highest BCUT2D eigenvalue weighted by molar-refractivity contribution is 8.27. The van der Waals surface area contributed by atoms with Crippen LogP contribution in [-0.2, 0) is 4.79 Å². The standard InChI is InChI=1S/C24H17N3OS3/c1-16-9-11-19(12-10-16)27-23(28)21(31-24(27)29)14-17-15-26(18-6-3-2-4-7-18)25-22(17)20-8-5-13-30-20/h2-15H,1H3/b21-14+. The molecule has 1 aliphatic heterocycles. The van der Waals surface area contributed by atoms with E-state index in [9.17, 15) is 4.79 Å². The lowest BCUT2D eigenvalue weighted by Crippen LogP contribution is -2.27. The van der Waals surface area contributed by atoms with Gasteiger partial charge in [-0.3, -0.25) is 9.69 Å². The van der Waals surface area contributed by atoms with Crippen molar-refractivity contribution >= 4 is 57.3 Å². The predicted octanol–water partition coefficient (Wildman–Crippen LogP) is 6.32. The van der Waals surface area contributed by atoms with Gasteiger partial charge in [0.25, 0.3) is 5.91 Å². The first-order valence-corrected chi connectivity index (χ1v) is 11.7. The summed E-state index contributed by atoms with van der Waals surface area (Å²) in [5.74, 6) is -0.108. The highest BCUT2D eigenvalue weighted by Gasteiger charge is 2.33. The molecule has 7 heteroatoms. The zero-order chi connectivity index (χ0) is 21.4. The van der Waals surface area contributed by atoms with Gasteiger partial charge in [-0.15, -0.1) is 11.3 Å². The Kier molecular flexibility index (Phi) is 5.31. The Morgan fingerprint density at radius 1 is 0.968 bits per heavy atom. The summed E-state index contributed by atoms with van der Waals surface area (Å²) in [6, 6.07) is 21.8. The fourth-order valence-corrected chi connectivity index (χ4v) is 5.36. The van der Waals surface area contributed by atoms with Crippen molar-refractivity contribution in [2.24, 2.45) is 0 Å². The number of benzene rings is 2. The van der Waals surface area contributed by atoms with E-state index in [1.165, 1.54) is 11.8 Å². The second-order valence-electron chi connectivity index (χ2n) is 7.04. The zero-order valence-corrected chi connectivity index (χ0v) is 19.0. The maximum absolute atomic E-state index is 13.2. The van der Waals surface area contributed by atoms with Crippen molar-refractivity contribution in [1.29, 1.82) is 0 Å². The van der Waals surface area contributed by atoms with Gasteiger partial charge in [-0.05, 0) is 48.7 Å². The minimum atomic E-state index is -0.108. The van der Waals surface area contributed by atoms with E-state index in [1.807, 2.05) is 96.0 Å². The Hall–Kier alpha value is -3.00. The van der Waals surface area contributed by atoms with E-state index >= 15 is 0 Å². The molecule has 4 nitrogen and oxygen atoms in total. The molecule has 5 rings (SSSR count). The summed E-state index contributed by atoms with van der Waals surface area (Å²) in [6.07, 6.45) is 3.86. The van der Waals surface area contributed by atoms with Crippen LogP contribution in [-0.4, -0.2) is 20.0 Å². The van der Waals surface area contributed by atoms with Crippen molar-refractivity contribution in [2.75, 3.05) is 4.90 Å². The quantitative estimate of drug-likeness (QED) is 0.265. The summed E-state index contributed by atoms with van der Waals surface area (Å²) in [6.45, 7) is 2.02. The first-order chi connectivity index (χ1) is 15.1. The smallest absolute Gasteiger partial charge is 0.268 e. The van der Waals surface area contributed by atoms with Crippen LogP contribution in [0.25, 0.3) is 22.3 Å². The number of aryl methyl sites for hydroxylation is 1. The van der Waals surface area contributed by atoms with Gasteiger partial charge in [0.05, 0.1) is 21.2 Å². The molecule has 1 fully saturated rings. The number of thiocarbonyl (C=S) groups is 1. The zero-order valence-electron chi connectivity index (χ0n) is 16.6. The number of rotatable bonds is 4. The first-order valence-electron chi connectivity index (χ1n) is 9.64. The monoisotopic (exact) mass is 459 g/mol. The molecule has 0 saturated carbocycles. The topological polar surface area (TPSA) is 38.1 Å². The van der Waals surface area contributed by atoms with Gasteiger partial charge in [-0.2, -0.15) is 5.10 Å². The van der Waals surface area contributed by atoms with Crippen molar-refractivity contribution in [2.45, 2.75) is 6.92 Å². The molecule has 2 aromatic heterocycles. The number of thiophene rings is 1. The average molecular weight is 460 g/mol. The molecule has 4 aromatic rings. The molecule has 1 amide bonds. The van der Waals surface area contributed by atoms with Crippen molar-refractivity contribution in [3.8, 4) is 16.3 Å². The minimum Gasteiger partial charge on any atom is -0.268 e. The second-order valence-corrected chi connectivity index (χ2v) is 9.67. The molecular weight excluding hydrogens is 442 g/mol. The van der Waals surface area contributed by atoms with Gasteiger partial charge >= 0.3 is 0 Å². The molecule has 152 valence electrons. The molecule has 0 spiro atoms. The third-order valence-electron chi connectivity index (χ3n) is 4.89. The molecule has 1 saturated heterocycles. The Labute approximate surface area is 193 Å². The summed E-state index contributed by atoms with van der Waals surface area (Å²) in [5.41, 5.74) is 4.62. The lowest BCUT2D eigenvalue weighted by atomic mass is 10.2. The molecular formula is C24H17N3OS3. The van der Waals surface area contributed by atoms with E-state index in [2.05, 4.69) is 0 Å². The van der Waals surface area contributed by atoms with Crippen LogP contribution in [0.1, 0.15) is 11.1 Å². The number of aromatic nitrogens is 2. The number of carbonyl (C=O) groups excluding carboxylic acids is 1. The van der Waals surface area contributed by atoms with Crippen molar-refractivity contribution in [3.63, 3.8) is 0 Å². The average Bonchev–Trinajstić information content (AvgIpc) is 3.50. The van der Waals surface area contributed by atoms with E-state index in [4.69, 9.17) is 17.3 Å². The number of thioether (sulfide) groups is 1. The van der Waals surface area contributed by atoms with E-state index < -0.39 is 0 Å². The predicted molar refractivity (Wildman–Crippen MR) is 134 cm³/mol. The number of nitrogens with zero attached hydrogens (tertiary/aromatic N) is 3. The minimum absolute atomic E-state index is 0.108. The maximum Gasteiger partial charge on any atom is 0.270 e. The summed E-state index contributed by atoms with van der Waals surface area (Å²) in [7, 11) is 0. The number of carbonyl (C=O) groups is 1. The van der Waals surface area contributed by atoms with Gasteiger partial charge in [-0.25, -0.2) is 4.68 Å². The van der Waals surface area contributed by atoms with Crippen molar-refractivity contribution in [1.82, 2.24) is 9.78 Å². The highest BCUT2D eigenvalue weighted by Crippen LogP contribution is 2.38. The van der Waals surface area contributed by atoms with Crippen LogP contribution in [0, 0.1) is 6.92 Å². The molecule has 3 heterocycles. The van der Waals surface area contributed by atoms with Gasteiger partial charge in [-0.1, -0.05) is 65.9 Å². The Morgan fingerprint density at radius 2 is 1.74 bits per heavy atom. The Morgan fingerprint density at radius 3 is 2.45 bits per heavy atom. The van der Waals surface area contributed by atoms with Crippen LogP contribution in [0.4, 0.5) is 5.69 Å². The van der Waals surface area contributed by atoms with Gasteiger partial charge < -0.3 is 0 Å². The molecule has 0 N–H and O–H groups in total. The van der Waals surface area contributed by atoms with Gasteiger partial charge in [0.1, 0.15) is 5.69 Å². The van der Waals surface area contributed by atoms with Crippen LogP contribution >= 0.6 is 35.3 Å². The highest BCUT2D eigenvalue weighted by atomic mass is 32.2. The Balaban J connectivity index is 1.55. The number of amides is 1. The summed E-state index contributed by atoms with van der Waals surface area (Å²) >= 11 is 8.47. The molecule has 0 aliphatic carbocycles. The number of anilines is 1. The molecule has 1 aliphatic rings. The summed E-state index contributed by atoms with van der Waals surface area (Å²) < 4.78 is 2.38. The lowest BCUT2D eigenvalue weighted by Gasteiger charge is -2.14. The molecule has 0 radical (unpaired) electrons. The Bertz CT molecular complexity index is 1290. The van der Waals surface area contributed by atoms with Crippen LogP contribution in [0.5, 0.6) is 0 Å². The lowest BCUT2D eigenvalue weighted by molar-refractivity contribution is -0.113. The molecule has 31 heavy (non-hydrogen) atoms. The van der Waals surface area contributed by atoms with Gasteiger partial charge in [0.2, 0.25) is 0 Å². The third kappa shape index (κ3) is 3.87. The first kappa shape index (κ1) is 19.9. The largest absolute Gasteiger partial charge is 0.270 e. The van der Waals surface area contributed by atoms with E-state index in [0.717, 1.165) is 33.1 Å². The molecule has 0 bridgehead atoms. The van der Waals surface area contributed by atoms with Crippen LogP contribution < -0.4 is 4.90 Å². The fraction of sp³-hybridized carbons (Fsp3) is 0.0417.